The Morgan fingerprint density at radius 3 is 1.25 bits per heavy atom. The van der Waals surface area contributed by atoms with Crippen molar-refractivity contribution in [1.82, 2.24) is 0 Å². The van der Waals surface area contributed by atoms with Crippen molar-refractivity contribution in [1.29, 1.82) is 0 Å². The zero-order chi connectivity index (χ0) is 0. The molecule has 0 heterocycles. The van der Waals surface area contributed by atoms with Gasteiger partial charge < -0.3 is 2.85 Å². The van der Waals surface area contributed by atoms with Crippen molar-refractivity contribution >= 4 is 50.2 Å². The van der Waals surface area contributed by atoms with Gasteiger partial charge in [0, 0.05) is 0 Å². The number of hydrogen-bond acceptors (Lipinski definition) is 0. The number of rotatable bonds is 0. The second-order valence-electron chi connectivity index (χ2n) is 0. The Hall–Kier alpha value is 3.85. The van der Waals surface area contributed by atoms with Crippen LogP contribution in [0.15, 0.2) is 0 Å². The molecule has 0 saturated heterocycles. The van der Waals surface area contributed by atoms with Crippen LogP contribution in [0.2, 0.25) is 0 Å². The smallest absolute Gasteiger partial charge is 1.00 e. The molecule has 0 nitrogen and oxygen atoms in total. The van der Waals surface area contributed by atoms with Crippen molar-refractivity contribution in [3.05, 3.63) is 0 Å². The van der Waals surface area contributed by atoms with E-state index in [9.17, 15) is 0 Å². The molecule has 0 saturated carbocycles. The van der Waals surface area contributed by atoms with Gasteiger partial charge in [0.1, 0.15) is 0 Å². The Balaban J connectivity index is 0. The number of halogens is 1. The molecule has 0 amide bonds. The van der Waals surface area contributed by atoms with Crippen LogP contribution in [0.25, 0.3) is 0 Å². The van der Waals surface area contributed by atoms with Gasteiger partial charge in [-0.2, -0.15) is 0 Å². The third-order valence-corrected chi connectivity index (χ3v) is 0. The van der Waals surface area contributed by atoms with Gasteiger partial charge in [0.05, 0.1) is 0 Å². The molecule has 0 aromatic heterocycles. The van der Waals surface area contributed by atoms with Crippen LogP contribution in [-0.2, 0) is 0 Å². The summed E-state index contributed by atoms with van der Waals surface area (Å²) in [5.74, 6) is 0. The van der Waals surface area contributed by atoms with Crippen molar-refractivity contribution in [2.75, 3.05) is 0 Å². The third kappa shape index (κ3) is 9.28. The molecule has 0 aliphatic heterocycles. The van der Waals surface area contributed by atoms with Crippen molar-refractivity contribution in [3.8, 4) is 0 Å². The SMILES string of the molecule is I.[BiH3].[H-].[H-].[K+].[Li+]. The van der Waals surface area contributed by atoms with Crippen LogP contribution in [0, 0.1) is 0 Å². The largest absolute Gasteiger partial charge is 1.00 e. The molecule has 0 spiro atoms. The van der Waals surface area contributed by atoms with E-state index in [4.69, 9.17) is 0 Å². The van der Waals surface area contributed by atoms with Crippen LogP contribution in [0.3, 0.4) is 0 Å². The van der Waals surface area contributed by atoms with E-state index in [0.29, 0.717) is 0 Å². The zero-order valence-corrected chi connectivity index (χ0v) is 14.1. The summed E-state index contributed by atoms with van der Waals surface area (Å²) in [5.41, 5.74) is 0. The molecule has 20 valence electrons. The summed E-state index contributed by atoms with van der Waals surface area (Å²) in [6.07, 6.45) is 0. The van der Waals surface area contributed by atoms with E-state index in [-0.39, 0.29) is 123 Å². The quantitative estimate of drug-likeness (QED) is 0.286. The van der Waals surface area contributed by atoms with E-state index >= 15 is 0 Å². The molecule has 4 heavy (non-hydrogen) atoms. The van der Waals surface area contributed by atoms with Crippen molar-refractivity contribution < 1.29 is 73.1 Å². The van der Waals surface area contributed by atoms with Crippen LogP contribution >= 0.6 is 24.0 Å². The molecule has 0 aliphatic rings. The molecule has 0 aromatic rings. The average molecular weight is 388 g/mol. The molecule has 0 radical (unpaired) electrons. The maximum atomic E-state index is 0. The second-order valence-corrected chi connectivity index (χ2v) is 0. The fourth-order valence-electron chi connectivity index (χ4n) is 0. The van der Waals surface area contributed by atoms with Crippen LogP contribution < -0.4 is 70.2 Å². The Morgan fingerprint density at radius 2 is 1.25 bits per heavy atom. The van der Waals surface area contributed by atoms with E-state index in [0.717, 1.165) is 0 Å². The molecule has 0 aliphatic carbocycles. The molecule has 0 bridgehead atoms. The van der Waals surface area contributed by atoms with Gasteiger partial charge in [-0.3, -0.25) is 0 Å². The standard InChI is InChI=1S/Bi.HI.K.Li.5H/h;1H;;;;;;;/q;;2*+1;;;;2*-1. The predicted molar refractivity (Wildman–Crippen MR) is 27.6 cm³/mol. The van der Waals surface area contributed by atoms with Gasteiger partial charge in [-0.15, -0.1) is 24.0 Å². The minimum atomic E-state index is 0. The molecule has 0 rings (SSSR count). The van der Waals surface area contributed by atoms with Gasteiger partial charge in [0.25, 0.3) is 0 Å². The molecular weight excluding hydrogens is 382 g/mol. The van der Waals surface area contributed by atoms with E-state index < -0.39 is 0 Å². The predicted octanol–water partition coefficient (Wildman–Crippen LogP) is -6.33. The van der Waals surface area contributed by atoms with E-state index in [2.05, 4.69) is 0 Å². The summed E-state index contributed by atoms with van der Waals surface area (Å²) in [4.78, 5) is 0. The number of hydrogen-bond donors (Lipinski definition) is 0. The molecule has 0 unspecified atom stereocenters. The summed E-state index contributed by atoms with van der Waals surface area (Å²) in [5, 5.41) is 0. The maximum Gasteiger partial charge on any atom is 1.00 e. The van der Waals surface area contributed by atoms with Gasteiger partial charge in [0.15, 0.2) is 0 Å². The van der Waals surface area contributed by atoms with Gasteiger partial charge in [-0.05, 0) is 0 Å². The summed E-state index contributed by atoms with van der Waals surface area (Å²) in [7, 11) is 0. The summed E-state index contributed by atoms with van der Waals surface area (Å²) in [6, 6.07) is 0. The van der Waals surface area contributed by atoms with Crippen LogP contribution in [0.1, 0.15) is 2.85 Å². The molecule has 0 N–H and O–H groups in total. The van der Waals surface area contributed by atoms with Crippen LogP contribution in [-0.4, -0.2) is 26.2 Å². The van der Waals surface area contributed by atoms with Crippen LogP contribution in [0.5, 0.6) is 0 Å². The van der Waals surface area contributed by atoms with Gasteiger partial charge in [-0.1, -0.05) is 0 Å². The molecular formula is H6BiIKLi. The average Bonchev–Trinajstić information content (AvgIpc) is 0. The second kappa shape index (κ2) is 15.8. The summed E-state index contributed by atoms with van der Waals surface area (Å²) < 4.78 is 0. The first-order valence-electron chi connectivity index (χ1n) is 0. The molecule has 0 atom stereocenters. The summed E-state index contributed by atoms with van der Waals surface area (Å²) in [6.45, 7) is 0. The van der Waals surface area contributed by atoms with Gasteiger partial charge >= 0.3 is 96.4 Å². The minimum absolute atomic E-state index is 0. The van der Waals surface area contributed by atoms with Crippen molar-refractivity contribution in [2.24, 2.45) is 0 Å². The monoisotopic (exact) mass is 388 g/mol. The molecule has 0 aromatic carbocycles. The first kappa shape index (κ1) is 24.9. The Morgan fingerprint density at radius 1 is 1.25 bits per heavy atom. The third-order valence-electron chi connectivity index (χ3n) is 0. The fourth-order valence-corrected chi connectivity index (χ4v) is 0. The Bertz CT molecular complexity index is 13.5. The van der Waals surface area contributed by atoms with Crippen molar-refractivity contribution in [2.45, 2.75) is 0 Å². The minimum Gasteiger partial charge on any atom is -1.00 e. The Labute approximate surface area is 120 Å². The Kier molecular flexibility index (Phi) is 98.3. The maximum absolute atomic E-state index is 0. The van der Waals surface area contributed by atoms with Gasteiger partial charge in [-0.25, -0.2) is 0 Å². The zero-order valence-electron chi connectivity index (χ0n) is 5.12. The van der Waals surface area contributed by atoms with Crippen molar-refractivity contribution in [3.63, 3.8) is 0 Å². The first-order chi connectivity index (χ1) is 0. The van der Waals surface area contributed by atoms with E-state index in [1.807, 2.05) is 0 Å². The van der Waals surface area contributed by atoms with Crippen LogP contribution in [0.4, 0.5) is 0 Å². The molecule has 0 fully saturated rings. The van der Waals surface area contributed by atoms with Gasteiger partial charge in [0.2, 0.25) is 0 Å². The fraction of sp³-hybridized carbons (Fsp3) is 0. The first-order valence-corrected chi connectivity index (χ1v) is 0. The van der Waals surface area contributed by atoms with E-state index in [1.54, 1.807) is 0 Å². The topological polar surface area (TPSA) is 0 Å². The van der Waals surface area contributed by atoms with E-state index in [1.165, 1.54) is 0 Å². The molecule has 4 heteroatoms. The normalized spacial score (nSPS) is 0. The summed E-state index contributed by atoms with van der Waals surface area (Å²) >= 11 is 0.